The van der Waals surface area contributed by atoms with Crippen molar-refractivity contribution in [1.29, 1.82) is 0 Å². The van der Waals surface area contributed by atoms with Crippen molar-refractivity contribution in [2.24, 2.45) is 0 Å². The molecule has 4 rings (SSSR count). The van der Waals surface area contributed by atoms with Crippen LogP contribution in [-0.4, -0.2) is 28.9 Å². The smallest absolute Gasteiger partial charge is 0.300 e. The number of aromatic nitrogens is 1. The van der Waals surface area contributed by atoms with E-state index in [-0.39, 0.29) is 16.7 Å². The van der Waals surface area contributed by atoms with E-state index in [1.165, 1.54) is 12.0 Å². The second kappa shape index (κ2) is 8.78. The van der Waals surface area contributed by atoms with E-state index in [1.54, 1.807) is 36.7 Å². The maximum absolute atomic E-state index is 13.4. The average Bonchev–Trinajstić information content (AvgIpc) is 3.09. The summed E-state index contributed by atoms with van der Waals surface area (Å²) in [6.45, 7) is 8.07. The molecule has 1 unspecified atom stereocenters. The lowest BCUT2D eigenvalue weighted by molar-refractivity contribution is -0.132. The standard InChI is InChI=1S/C28H28N2O4/c1-17-8-6-7-9-21(17)30-24(18-12-14-29-15-13-18)23(26(32)27(30)33)25(31)20-16-19(28(2,3)4)10-11-22(20)34-5/h6-16,24,31H,1-5H3/b25-23+. The molecular weight excluding hydrogens is 428 g/mol. The van der Waals surface area contributed by atoms with Crippen LogP contribution in [0.5, 0.6) is 5.75 Å². The highest BCUT2D eigenvalue weighted by Crippen LogP contribution is 2.44. The summed E-state index contributed by atoms with van der Waals surface area (Å²) in [5.74, 6) is -1.28. The Balaban J connectivity index is 2.00. The maximum atomic E-state index is 13.4. The van der Waals surface area contributed by atoms with Crippen molar-refractivity contribution < 1.29 is 19.4 Å². The molecule has 6 heteroatoms. The zero-order chi connectivity index (χ0) is 24.6. The zero-order valence-electron chi connectivity index (χ0n) is 20.0. The first-order valence-electron chi connectivity index (χ1n) is 11.1. The lowest BCUT2D eigenvalue weighted by Gasteiger charge is -2.27. The maximum Gasteiger partial charge on any atom is 0.300 e. The van der Waals surface area contributed by atoms with E-state index in [2.05, 4.69) is 25.8 Å². The van der Waals surface area contributed by atoms with E-state index in [9.17, 15) is 14.7 Å². The van der Waals surface area contributed by atoms with Crippen LogP contribution in [0.2, 0.25) is 0 Å². The Labute approximate surface area is 199 Å². The minimum Gasteiger partial charge on any atom is -0.507 e. The molecule has 0 spiro atoms. The number of hydrogen-bond acceptors (Lipinski definition) is 5. The molecule has 1 atom stereocenters. The summed E-state index contributed by atoms with van der Waals surface area (Å²) >= 11 is 0. The van der Waals surface area contributed by atoms with Gasteiger partial charge < -0.3 is 9.84 Å². The van der Waals surface area contributed by atoms with E-state index >= 15 is 0 Å². The first-order chi connectivity index (χ1) is 16.1. The third kappa shape index (κ3) is 3.96. The number of rotatable bonds is 4. The molecule has 1 aliphatic rings. The van der Waals surface area contributed by atoms with Gasteiger partial charge in [-0.1, -0.05) is 45.0 Å². The van der Waals surface area contributed by atoms with Gasteiger partial charge in [0.1, 0.15) is 11.5 Å². The fourth-order valence-electron chi connectivity index (χ4n) is 4.28. The lowest BCUT2D eigenvalue weighted by atomic mass is 9.85. The van der Waals surface area contributed by atoms with Crippen molar-refractivity contribution >= 4 is 23.1 Å². The van der Waals surface area contributed by atoms with Gasteiger partial charge in [-0.2, -0.15) is 0 Å². The van der Waals surface area contributed by atoms with Crippen LogP contribution in [0.4, 0.5) is 5.69 Å². The number of aryl methyl sites for hydroxylation is 1. The molecule has 0 bridgehead atoms. The predicted molar refractivity (Wildman–Crippen MR) is 132 cm³/mol. The van der Waals surface area contributed by atoms with Crippen molar-refractivity contribution in [1.82, 2.24) is 4.98 Å². The van der Waals surface area contributed by atoms with Crippen LogP contribution in [0.1, 0.15) is 49.1 Å². The molecule has 174 valence electrons. The van der Waals surface area contributed by atoms with Gasteiger partial charge in [0, 0.05) is 18.1 Å². The molecular formula is C28H28N2O4. The Kier molecular flexibility index (Phi) is 6.00. The number of nitrogens with zero attached hydrogens (tertiary/aromatic N) is 2. The number of amides is 1. The number of Topliss-reactive ketones (excluding diaryl/α,β-unsaturated/α-hetero) is 1. The molecule has 34 heavy (non-hydrogen) atoms. The normalized spacial score (nSPS) is 17.8. The van der Waals surface area contributed by atoms with E-state index in [0.29, 0.717) is 22.6 Å². The summed E-state index contributed by atoms with van der Waals surface area (Å²) in [4.78, 5) is 32.3. The summed E-state index contributed by atoms with van der Waals surface area (Å²) in [5, 5.41) is 11.6. The fourth-order valence-corrected chi connectivity index (χ4v) is 4.28. The van der Waals surface area contributed by atoms with Crippen LogP contribution >= 0.6 is 0 Å². The van der Waals surface area contributed by atoms with Gasteiger partial charge in [0.2, 0.25) is 0 Å². The quantitative estimate of drug-likeness (QED) is 0.326. The van der Waals surface area contributed by atoms with E-state index < -0.39 is 17.7 Å². The van der Waals surface area contributed by atoms with Gasteiger partial charge in [0.05, 0.1) is 24.3 Å². The van der Waals surface area contributed by atoms with E-state index in [4.69, 9.17) is 4.74 Å². The Hall–Kier alpha value is -3.93. The number of pyridine rings is 1. The average molecular weight is 457 g/mol. The summed E-state index contributed by atoms with van der Waals surface area (Å²) in [6.07, 6.45) is 3.21. The van der Waals surface area contributed by atoms with Crippen LogP contribution in [0.25, 0.3) is 5.76 Å². The number of anilines is 1. The van der Waals surface area contributed by atoms with Crippen LogP contribution in [0.3, 0.4) is 0 Å². The number of hydrogen-bond donors (Lipinski definition) is 1. The highest BCUT2D eigenvalue weighted by molar-refractivity contribution is 6.51. The first-order valence-corrected chi connectivity index (χ1v) is 11.1. The number of carbonyl (C=O) groups is 2. The molecule has 1 saturated heterocycles. The Morgan fingerprint density at radius 3 is 2.32 bits per heavy atom. The number of benzene rings is 2. The summed E-state index contributed by atoms with van der Waals surface area (Å²) in [6, 6.07) is 15.6. The van der Waals surface area contributed by atoms with Gasteiger partial charge in [-0.15, -0.1) is 0 Å². The Bertz CT molecular complexity index is 1290. The number of aliphatic hydroxyl groups is 1. The molecule has 1 fully saturated rings. The van der Waals surface area contributed by atoms with Crippen LogP contribution < -0.4 is 9.64 Å². The van der Waals surface area contributed by atoms with Crippen LogP contribution in [0.15, 0.2) is 72.6 Å². The lowest BCUT2D eigenvalue weighted by Crippen LogP contribution is -2.30. The second-order valence-corrected chi connectivity index (χ2v) is 9.40. The highest BCUT2D eigenvalue weighted by Gasteiger charge is 2.47. The SMILES string of the molecule is COc1ccc(C(C)(C)C)cc1/C(O)=C1\C(=O)C(=O)N(c2ccccc2C)C1c1ccncc1. The molecule has 1 aromatic heterocycles. The van der Waals surface area contributed by atoms with Gasteiger partial charge in [-0.3, -0.25) is 19.5 Å². The van der Waals surface area contributed by atoms with Crippen molar-refractivity contribution in [2.75, 3.05) is 12.0 Å². The minimum atomic E-state index is -0.813. The van der Waals surface area contributed by atoms with Gasteiger partial charge in [-0.05, 0) is 59.4 Å². The van der Waals surface area contributed by atoms with Crippen molar-refractivity contribution in [3.8, 4) is 5.75 Å². The molecule has 0 aliphatic carbocycles. The summed E-state index contributed by atoms with van der Waals surface area (Å²) in [7, 11) is 1.51. The van der Waals surface area contributed by atoms with Crippen LogP contribution in [0, 0.1) is 6.92 Å². The molecule has 3 aromatic rings. The van der Waals surface area contributed by atoms with Crippen molar-refractivity contribution in [3.63, 3.8) is 0 Å². The molecule has 1 N–H and O–H groups in total. The third-order valence-electron chi connectivity index (χ3n) is 6.16. The minimum absolute atomic E-state index is 0.0174. The van der Waals surface area contributed by atoms with Crippen molar-refractivity contribution in [2.45, 2.75) is 39.2 Å². The number of carbonyl (C=O) groups excluding carboxylic acids is 2. The summed E-state index contributed by atoms with van der Waals surface area (Å²) < 4.78 is 5.51. The molecule has 0 saturated carbocycles. The molecule has 2 aromatic carbocycles. The van der Waals surface area contributed by atoms with Gasteiger partial charge in [-0.25, -0.2) is 0 Å². The second-order valence-electron chi connectivity index (χ2n) is 9.40. The van der Waals surface area contributed by atoms with Crippen molar-refractivity contribution in [3.05, 3.63) is 94.8 Å². The predicted octanol–water partition coefficient (Wildman–Crippen LogP) is 5.32. The number of ether oxygens (including phenoxy) is 1. The molecule has 0 radical (unpaired) electrons. The van der Waals surface area contributed by atoms with Gasteiger partial charge >= 0.3 is 0 Å². The number of methoxy groups -OCH3 is 1. The highest BCUT2D eigenvalue weighted by atomic mass is 16.5. The largest absolute Gasteiger partial charge is 0.507 e. The molecule has 1 aliphatic heterocycles. The molecule has 1 amide bonds. The molecule has 6 nitrogen and oxygen atoms in total. The monoisotopic (exact) mass is 456 g/mol. The van der Waals surface area contributed by atoms with Crippen LogP contribution in [-0.2, 0) is 15.0 Å². The third-order valence-corrected chi connectivity index (χ3v) is 6.16. The Morgan fingerprint density at radius 2 is 1.71 bits per heavy atom. The molecule has 2 heterocycles. The number of aliphatic hydroxyl groups excluding tert-OH is 1. The topological polar surface area (TPSA) is 79.7 Å². The van der Waals surface area contributed by atoms with E-state index in [0.717, 1.165) is 11.1 Å². The zero-order valence-corrected chi connectivity index (χ0v) is 20.0. The van der Waals surface area contributed by atoms with Gasteiger partial charge in [0.25, 0.3) is 11.7 Å². The first kappa shape index (κ1) is 23.2. The Morgan fingerprint density at radius 1 is 1.03 bits per heavy atom. The number of ketones is 1. The number of para-hydroxylation sites is 1. The van der Waals surface area contributed by atoms with E-state index in [1.807, 2.05) is 37.3 Å². The van der Waals surface area contributed by atoms with Gasteiger partial charge in [0.15, 0.2) is 0 Å². The summed E-state index contributed by atoms with van der Waals surface area (Å²) in [5.41, 5.74) is 3.28. The fraction of sp³-hybridized carbons (Fsp3) is 0.250.